The number of aromatic amines is 2. The predicted octanol–water partition coefficient (Wildman–Crippen LogP) is 15.6. The maximum absolute atomic E-state index is 12.7. The molecule has 38 heteroatoms. The number of unbranched alkanes of at least 4 members (excludes halogenated alkanes) is 10. The minimum absolute atomic E-state index is 0.0337. The Morgan fingerprint density at radius 1 is 0.260 bits per heavy atom. The average molecular weight is 2030 g/mol. The van der Waals surface area contributed by atoms with Crippen LogP contribution in [0.1, 0.15) is 203 Å². The SMILES string of the molecule is CCCCCCCCCCCCCOc1cccc(-c2c3nc(c(-c4cccc(OCCCO[C@H]5O[C@H](COC(C)=O)[C@@H](OC(C)=O)[C@H](OC(C)=O)[C@@H]5OC(C)=O)c4)c4ccc([nH]4)c(-c4cccc(OCCCO[C@H]5O[C@H](COC(C)=O)[C@@H](OC(C)=O)[C@H](OC(C)=O)[C@@H]5OC(C)=O)c4)c4nc(c(-c5cccc(OCCCO[C@H]6O[C@H](COC(C)=O)[C@@H](OC(C)=O)[C@H](OC(C)=O)[C@@H]6OC(C)=O)c5)c5ccc2[nH]5)C=C4)C=C3)c1. The Bertz CT molecular complexity index is 5820. The van der Waals surface area contributed by atoms with E-state index in [0.717, 1.165) is 92.7 Å². The summed E-state index contributed by atoms with van der Waals surface area (Å²) in [5.74, 6) is -7.21. The molecule has 12 rings (SSSR count). The predicted molar refractivity (Wildman–Crippen MR) is 527 cm³/mol. The van der Waals surface area contributed by atoms with Crippen LogP contribution in [0.4, 0.5) is 0 Å². The number of hydrogen-bond acceptors (Lipinski definition) is 36. The summed E-state index contributed by atoms with van der Waals surface area (Å²) in [5.41, 5.74) is 10.0. The van der Waals surface area contributed by atoms with Crippen molar-refractivity contribution in [1.29, 1.82) is 0 Å². The van der Waals surface area contributed by atoms with Gasteiger partial charge >= 0.3 is 71.6 Å². The van der Waals surface area contributed by atoms with E-state index in [1.807, 2.05) is 127 Å². The molecule has 4 aromatic carbocycles. The molecule has 8 bridgehead atoms. The summed E-state index contributed by atoms with van der Waals surface area (Å²) in [6.45, 7) is 15.0. The smallest absolute Gasteiger partial charge is 0.303 e. The second kappa shape index (κ2) is 54.9. The van der Waals surface area contributed by atoms with Gasteiger partial charge in [-0.1, -0.05) is 120 Å². The molecular weight excluding hydrogens is 1900 g/mol. The molecule has 0 spiro atoms. The second-order valence-corrected chi connectivity index (χ2v) is 35.4. The van der Waals surface area contributed by atoms with Gasteiger partial charge in [-0.3, -0.25) is 57.5 Å². The first-order chi connectivity index (χ1) is 70.2. The molecule has 3 saturated heterocycles. The fourth-order valence-corrected chi connectivity index (χ4v) is 17.7. The van der Waals surface area contributed by atoms with Crippen molar-refractivity contribution in [2.24, 2.45) is 0 Å². The summed E-state index contributed by atoms with van der Waals surface area (Å²) >= 11 is 0. The third-order valence-electron chi connectivity index (χ3n) is 23.6. The zero-order chi connectivity index (χ0) is 104. The van der Waals surface area contributed by atoms with Crippen LogP contribution in [0.5, 0.6) is 23.0 Å². The first kappa shape index (κ1) is 111. The summed E-state index contributed by atoms with van der Waals surface area (Å²) in [5, 5.41) is 0. The number of fused-ring (bicyclic) bond motifs is 8. The van der Waals surface area contributed by atoms with E-state index in [4.69, 9.17) is 114 Å². The quantitative estimate of drug-likeness (QED) is 0.0203. The number of H-pyrrole nitrogens is 2. The zero-order valence-electron chi connectivity index (χ0n) is 84.3. The van der Waals surface area contributed by atoms with Crippen LogP contribution in [0.15, 0.2) is 121 Å². The van der Waals surface area contributed by atoms with Gasteiger partial charge in [0.2, 0.25) is 0 Å². The Morgan fingerprint density at radius 3 is 0.726 bits per heavy atom. The molecule has 0 amide bonds. The highest BCUT2D eigenvalue weighted by atomic mass is 16.8. The number of aromatic nitrogens is 4. The summed E-state index contributed by atoms with van der Waals surface area (Å²) < 4.78 is 130. The Hall–Kier alpha value is -13.9. The molecule has 3 fully saturated rings. The average Bonchev–Trinajstić information content (AvgIpc) is 1.60. The van der Waals surface area contributed by atoms with Gasteiger partial charge in [0.1, 0.15) is 61.1 Å². The van der Waals surface area contributed by atoms with Crippen LogP contribution in [-0.4, -0.2) is 250 Å². The van der Waals surface area contributed by atoms with E-state index in [0.29, 0.717) is 108 Å². The molecule has 38 nitrogen and oxygen atoms in total. The first-order valence-electron chi connectivity index (χ1n) is 49.1. The van der Waals surface area contributed by atoms with Crippen LogP contribution in [0.25, 0.3) is 90.9 Å². The molecular formula is C108H128N4O34. The number of carbonyl (C=O) groups is 12. The number of nitrogens with zero attached hydrogens (tertiary/aromatic N) is 2. The van der Waals surface area contributed by atoms with Crippen LogP contribution in [0, 0.1) is 0 Å². The molecule has 0 aliphatic carbocycles. The van der Waals surface area contributed by atoms with Crippen molar-refractivity contribution in [3.8, 4) is 67.5 Å². The third kappa shape index (κ3) is 32.3. The monoisotopic (exact) mass is 2020 g/mol. The van der Waals surface area contributed by atoms with E-state index >= 15 is 0 Å². The lowest BCUT2D eigenvalue weighted by molar-refractivity contribution is -0.308. The minimum atomic E-state index is -1.46. The van der Waals surface area contributed by atoms with Crippen LogP contribution >= 0.6 is 0 Å². The van der Waals surface area contributed by atoms with Crippen molar-refractivity contribution in [2.45, 2.75) is 272 Å². The number of carbonyl (C=O) groups excluding carboxylic acids is 12. The molecule has 3 aromatic heterocycles. The summed E-state index contributed by atoms with van der Waals surface area (Å²) in [4.78, 5) is 169. The fraction of sp³-hybridized carbons (Fsp3) is 0.481. The van der Waals surface area contributed by atoms with E-state index in [1.54, 1.807) is 18.2 Å². The highest BCUT2D eigenvalue weighted by Gasteiger charge is 2.56. The summed E-state index contributed by atoms with van der Waals surface area (Å²) in [6, 6.07) is 38.2. The van der Waals surface area contributed by atoms with Crippen LogP contribution in [0.2, 0.25) is 0 Å². The molecule has 146 heavy (non-hydrogen) atoms. The maximum atomic E-state index is 12.7. The minimum Gasteiger partial charge on any atom is -0.494 e. The zero-order valence-corrected chi connectivity index (χ0v) is 84.3. The van der Waals surface area contributed by atoms with Gasteiger partial charge in [0.15, 0.2) is 73.8 Å². The number of rotatable bonds is 50. The molecule has 5 aliphatic heterocycles. The summed E-state index contributed by atoms with van der Waals surface area (Å²) in [6.07, 6.45) is 0.466. The molecule has 15 atom stereocenters. The lowest BCUT2D eigenvalue weighted by atomic mass is 9.98. The van der Waals surface area contributed by atoms with E-state index in [-0.39, 0.29) is 58.9 Å². The molecule has 784 valence electrons. The molecule has 0 unspecified atom stereocenters. The van der Waals surface area contributed by atoms with E-state index in [2.05, 4.69) is 16.9 Å². The topological polar surface area (TPSA) is 465 Å². The number of esters is 12. The van der Waals surface area contributed by atoms with Gasteiger partial charge in [0.25, 0.3) is 0 Å². The molecule has 2 N–H and O–H groups in total. The highest BCUT2D eigenvalue weighted by molar-refractivity contribution is 6.00. The van der Waals surface area contributed by atoms with Gasteiger partial charge in [0.05, 0.1) is 69.0 Å². The van der Waals surface area contributed by atoms with Gasteiger partial charge in [0, 0.05) is 147 Å². The lowest BCUT2D eigenvalue weighted by Crippen LogP contribution is -2.63. The first-order valence-corrected chi connectivity index (χ1v) is 49.1. The van der Waals surface area contributed by atoms with Crippen molar-refractivity contribution in [3.63, 3.8) is 0 Å². The largest absolute Gasteiger partial charge is 0.494 e. The van der Waals surface area contributed by atoms with Crippen molar-refractivity contribution in [2.75, 3.05) is 66.1 Å². The van der Waals surface area contributed by atoms with Gasteiger partial charge in [-0.25, -0.2) is 9.97 Å². The van der Waals surface area contributed by atoms with Crippen molar-refractivity contribution >= 4 is 118 Å². The highest BCUT2D eigenvalue weighted by Crippen LogP contribution is 2.43. The number of nitrogens with one attached hydrogen (secondary N) is 2. The Kier molecular flexibility index (Phi) is 41.7. The van der Waals surface area contributed by atoms with Crippen molar-refractivity contribution in [3.05, 3.63) is 144 Å². The van der Waals surface area contributed by atoms with E-state index in [1.165, 1.54) is 72.1 Å². The van der Waals surface area contributed by atoms with E-state index < -0.39 is 184 Å². The standard InChI is InChI=1S/C108H128N4O34/c1-14-15-16-17-18-19-20-21-22-23-24-48-125-78-36-25-32-74(55-78)93-82-40-42-84(109-82)94(75-33-26-37-79(56-75)126-49-29-52-129-106-103(141-71(11)122)100(138-68(8)119)97(135-65(5)116)90(144-106)59-132-62(2)113)86-44-46-88(111-86)96(77-35-28-39-81(58-77)128-51-31-54-131-108-105(143-73(13)124)102(140-70(10)121)99(137-67(7)118)92(146-108)61-134-64(4)115)89-47-45-87(112-89)95(85-43-41-83(93)110-85)76-34-27-38-80(57-76)127-50-30-53-130-107-104(142-72(12)123)101(139-69(9)120)98(136-66(6)117)91(145-107)60-133-63(3)114/h25-28,32-47,55-58,90-92,97-109,112H,14-24,29-31,48-54,59-61H2,1-13H3/t90-,91-,92-,97-,98-,99-,100+,101+,102+,103+,104+,105+,106+,107+,108+/m1/s1. The van der Waals surface area contributed by atoms with Gasteiger partial charge in [-0.15, -0.1) is 0 Å². The number of ether oxygens (including phenoxy) is 22. The van der Waals surface area contributed by atoms with Gasteiger partial charge in [-0.05, 0) is 126 Å². The summed E-state index contributed by atoms with van der Waals surface area (Å²) in [7, 11) is 0. The third-order valence-corrected chi connectivity index (χ3v) is 23.6. The number of benzene rings is 4. The fourth-order valence-electron chi connectivity index (χ4n) is 17.7. The molecule has 5 aliphatic rings. The van der Waals surface area contributed by atoms with Crippen molar-refractivity contribution < 1.29 is 162 Å². The maximum Gasteiger partial charge on any atom is 0.303 e. The second-order valence-electron chi connectivity index (χ2n) is 35.4. The van der Waals surface area contributed by atoms with E-state index in [9.17, 15) is 57.5 Å². The van der Waals surface area contributed by atoms with Crippen LogP contribution in [0.3, 0.4) is 0 Å². The van der Waals surface area contributed by atoms with Gasteiger partial charge < -0.3 is 114 Å². The Balaban J connectivity index is 0.929. The molecule has 0 saturated carbocycles. The lowest BCUT2D eigenvalue weighted by Gasteiger charge is -2.44. The molecule has 0 radical (unpaired) electrons. The van der Waals surface area contributed by atoms with Gasteiger partial charge in [-0.2, -0.15) is 0 Å². The van der Waals surface area contributed by atoms with Crippen LogP contribution < -0.4 is 18.9 Å². The van der Waals surface area contributed by atoms with Crippen LogP contribution in [-0.2, 0) is 143 Å². The normalized spacial score (nSPS) is 20.8. The Morgan fingerprint density at radius 2 is 0.486 bits per heavy atom. The van der Waals surface area contributed by atoms with Crippen molar-refractivity contribution in [1.82, 2.24) is 19.9 Å². The number of hydrogen-bond donors (Lipinski definition) is 2. The Labute approximate surface area is 845 Å². The molecule has 7 aromatic rings. The molecule has 8 heterocycles.